The number of fused-ring (bicyclic) bond motifs is 1. The van der Waals surface area contributed by atoms with Crippen molar-refractivity contribution in [1.82, 2.24) is 19.9 Å². The van der Waals surface area contributed by atoms with Crippen molar-refractivity contribution in [3.8, 4) is 5.75 Å². The molecule has 0 spiro atoms. The van der Waals surface area contributed by atoms with Gasteiger partial charge in [0, 0.05) is 24.3 Å². The maximum atomic E-state index is 13.0. The fourth-order valence-corrected chi connectivity index (χ4v) is 5.65. The molecule has 5 rings (SSSR count). The number of aromatic amines is 1. The molecule has 180 valence electrons. The number of likely N-dealkylation sites (tertiary alicyclic amines) is 1. The van der Waals surface area contributed by atoms with Crippen molar-refractivity contribution in [3.05, 3.63) is 83.7 Å². The zero-order valence-corrected chi connectivity index (χ0v) is 22.4. The third-order valence-corrected chi connectivity index (χ3v) is 7.68. The topological polar surface area (TPSA) is 71.1 Å². The Morgan fingerprint density at radius 1 is 1.11 bits per heavy atom. The number of piperidine rings is 1. The fraction of sp³-hybridized carbons (Fsp3) is 0.333. The summed E-state index contributed by atoms with van der Waals surface area (Å²) in [5.74, 6) is 1.11. The van der Waals surface area contributed by atoms with Gasteiger partial charge in [0.1, 0.15) is 12.4 Å². The summed E-state index contributed by atoms with van der Waals surface area (Å²) in [6.45, 7) is 4.69. The molecule has 2 unspecified atom stereocenters. The SMILES string of the molecule is Cc1c(OCC2CCCCN2Cc2ccccc2)ccnc1CS(=O)c1nc2ccccc2[nH]1.[H-].[H-].[Mg+2]. The molecule has 4 aromatic rings. The molecule has 0 bridgehead atoms. The van der Waals surface area contributed by atoms with Gasteiger partial charge in [-0.1, -0.05) is 48.9 Å². The molecule has 2 atom stereocenters. The molecule has 2 aromatic carbocycles. The smallest absolute Gasteiger partial charge is 1.00 e. The van der Waals surface area contributed by atoms with Gasteiger partial charge in [0.2, 0.25) is 0 Å². The van der Waals surface area contributed by atoms with Gasteiger partial charge in [0.25, 0.3) is 0 Å². The van der Waals surface area contributed by atoms with Gasteiger partial charge >= 0.3 is 23.1 Å². The van der Waals surface area contributed by atoms with Crippen molar-refractivity contribution in [1.29, 1.82) is 0 Å². The molecule has 2 aromatic heterocycles. The van der Waals surface area contributed by atoms with E-state index >= 15 is 0 Å². The van der Waals surface area contributed by atoms with Crippen LogP contribution in [0.3, 0.4) is 0 Å². The van der Waals surface area contributed by atoms with E-state index in [0.717, 1.165) is 47.6 Å². The zero-order valence-electron chi connectivity index (χ0n) is 22.2. The molecule has 1 fully saturated rings. The second kappa shape index (κ2) is 12.1. The number of hydrogen-bond donors (Lipinski definition) is 1. The van der Waals surface area contributed by atoms with Crippen LogP contribution in [0.4, 0.5) is 0 Å². The van der Waals surface area contributed by atoms with Gasteiger partial charge in [-0.3, -0.25) is 14.1 Å². The summed E-state index contributed by atoms with van der Waals surface area (Å²) in [6.07, 6.45) is 5.35. The van der Waals surface area contributed by atoms with Crippen molar-refractivity contribution in [2.45, 2.75) is 49.7 Å². The van der Waals surface area contributed by atoms with E-state index < -0.39 is 10.8 Å². The Morgan fingerprint density at radius 3 is 2.74 bits per heavy atom. The van der Waals surface area contributed by atoms with Gasteiger partial charge in [-0.2, -0.15) is 0 Å². The number of aromatic nitrogens is 3. The first-order chi connectivity index (χ1) is 16.7. The van der Waals surface area contributed by atoms with Crippen molar-refractivity contribution < 1.29 is 11.8 Å². The van der Waals surface area contributed by atoms with Crippen LogP contribution < -0.4 is 4.74 Å². The Balaban J connectivity index is 0.00000160. The molecule has 8 heteroatoms. The molecule has 1 N–H and O–H groups in total. The normalized spacial score (nSPS) is 17.1. The largest absolute Gasteiger partial charge is 2.00 e. The summed E-state index contributed by atoms with van der Waals surface area (Å²) in [4.78, 5) is 14.7. The minimum absolute atomic E-state index is 0. The molecular formula is C27H32MgN4O2S. The predicted molar refractivity (Wildman–Crippen MR) is 143 cm³/mol. The predicted octanol–water partition coefficient (Wildman–Crippen LogP) is 4.85. The van der Waals surface area contributed by atoms with Crippen LogP contribution in [0.5, 0.6) is 5.75 Å². The molecule has 0 radical (unpaired) electrons. The van der Waals surface area contributed by atoms with Crippen molar-refractivity contribution in [2.75, 3.05) is 13.2 Å². The van der Waals surface area contributed by atoms with Crippen molar-refractivity contribution in [3.63, 3.8) is 0 Å². The third-order valence-electron chi connectivity index (χ3n) is 6.52. The Hall–Kier alpha value is -2.26. The molecule has 3 heterocycles. The standard InChI is InChI=1S/C27H30N4O2S.Mg.2H/c1-20-25(19-34(32)27-29-23-12-5-6-13-24(23)30-27)28-15-14-26(20)33-18-22-11-7-8-16-31(22)17-21-9-3-2-4-10-21;;;/h2-6,9-10,12-15,22H,7-8,11,16-19H2,1H3,(H,29,30);;;/q;+2;2*-1. The van der Waals surface area contributed by atoms with Gasteiger partial charge < -0.3 is 12.6 Å². The number of benzene rings is 2. The summed E-state index contributed by atoms with van der Waals surface area (Å²) in [5, 5.41) is 0.479. The summed E-state index contributed by atoms with van der Waals surface area (Å²) in [6, 6.07) is 20.6. The van der Waals surface area contributed by atoms with Gasteiger partial charge in [0.05, 0.1) is 33.3 Å². The summed E-state index contributed by atoms with van der Waals surface area (Å²) < 4.78 is 19.3. The minimum Gasteiger partial charge on any atom is -1.00 e. The monoisotopic (exact) mass is 500 g/mol. The quantitative estimate of drug-likeness (QED) is 0.350. The number of imidazole rings is 1. The Morgan fingerprint density at radius 2 is 1.91 bits per heavy atom. The fourth-order valence-electron chi connectivity index (χ4n) is 4.55. The van der Waals surface area contributed by atoms with Crippen LogP contribution >= 0.6 is 0 Å². The number of nitrogens with one attached hydrogen (secondary N) is 1. The number of nitrogens with zero attached hydrogens (tertiary/aromatic N) is 3. The van der Waals surface area contributed by atoms with Crippen LogP contribution in [-0.2, 0) is 23.1 Å². The Bertz CT molecular complexity index is 1260. The van der Waals surface area contributed by atoms with Crippen molar-refractivity contribution >= 4 is 44.9 Å². The Labute approximate surface area is 228 Å². The van der Waals surface area contributed by atoms with Gasteiger partial charge in [-0.05, 0) is 50.1 Å². The van der Waals surface area contributed by atoms with Crippen LogP contribution in [0.1, 0.15) is 38.9 Å². The molecule has 35 heavy (non-hydrogen) atoms. The van der Waals surface area contributed by atoms with E-state index in [0.29, 0.717) is 23.6 Å². The van der Waals surface area contributed by atoms with Crippen LogP contribution in [-0.4, -0.2) is 66.3 Å². The van der Waals surface area contributed by atoms with E-state index in [9.17, 15) is 4.21 Å². The van der Waals surface area contributed by atoms with Crippen molar-refractivity contribution in [2.24, 2.45) is 0 Å². The first kappa shape index (κ1) is 25.8. The van der Waals surface area contributed by atoms with Crippen LogP contribution in [0.15, 0.2) is 72.0 Å². The molecule has 6 nitrogen and oxygen atoms in total. The first-order valence-electron chi connectivity index (χ1n) is 11.9. The average Bonchev–Trinajstić information content (AvgIpc) is 3.31. The Kier molecular flexibility index (Phi) is 8.94. The van der Waals surface area contributed by atoms with Crippen LogP contribution in [0.2, 0.25) is 0 Å². The van der Waals surface area contributed by atoms with Gasteiger partial charge in [-0.25, -0.2) is 4.98 Å². The summed E-state index contributed by atoms with van der Waals surface area (Å²) in [7, 11) is -1.32. The number of ether oxygens (including phenoxy) is 1. The maximum Gasteiger partial charge on any atom is 2.00 e. The minimum atomic E-state index is -1.32. The maximum absolute atomic E-state index is 13.0. The molecule has 0 saturated carbocycles. The van der Waals surface area contributed by atoms with E-state index in [1.54, 1.807) is 6.20 Å². The number of H-pyrrole nitrogens is 1. The van der Waals surface area contributed by atoms with Crippen LogP contribution in [0.25, 0.3) is 11.0 Å². The number of para-hydroxylation sites is 2. The number of rotatable bonds is 8. The van der Waals surface area contributed by atoms with E-state index in [-0.39, 0.29) is 25.9 Å². The number of pyridine rings is 1. The molecule has 1 aliphatic rings. The van der Waals surface area contributed by atoms with E-state index in [1.807, 2.05) is 37.3 Å². The molecular weight excluding hydrogens is 469 g/mol. The second-order valence-corrected chi connectivity index (χ2v) is 10.2. The van der Waals surface area contributed by atoms with E-state index in [2.05, 4.69) is 50.2 Å². The van der Waals surface area contributed by atoms with Gasteiger partial charge in [-0.15, -0.1) is 0 Å². The zero-order chi connectivity index (χ0) is 23.3. The van der Waals surface area contributed by atoms with Gasteiger partial charge in [0.15, 0.2) is 5.16 Å². The average molecular weight is 501 g/mol. The van der Waals surface area contributed by atoms with E-state index in [1.165, 1.54) is 18.4 Å². The molecule has 1 aliphatic heterocycles. The third kappa shape index (κ3) is 6.30. The second-order valence-electron chi connectivity index (χ2n) is 8.85. The number of hydrogen-bond acceptors (Lipinski definition) is 5. The summed E-state index contributed by atoms with van der Waals surface area (Å²) in [5.41, 5.74) is 4.77. The van der Waals surface area contributed by atoms with Crippen LogP contribution in [0, 0.1) is 6.92 Å². The summed E-state index contributed by atoms with van der Waals surface area (Å²) >= 11 is 0. The van der Waals surface area contributed by atoms with E-state index in [4.69, 9.17) is 4.74 Å². The first-order valence-corrected chi connectivity index (χ1v) is 13.2. The molecule has 0 aliphatic carbocycles. The molecule has 0 amide bonds. The molecule has 1 saturated heterocycles.